The quantitative estimate of drug-likeness (QED) is 0.255. The van der Waals surface area contributed by atoms with Gasteiger partial charge in [-0.1, -0.05) is 37.1 Å². The van der Waals surface area contributed by atoms with Gasteiger partial charge in [0.1, 0.15) is 10.7 Å². The molecule has 4 unspecified atom stereocenters. The van der Waals surface area contributed by atoms with Crippen LogP contribution in [0.2, 0.25) is 0 Å². The SMILES string of the molecule is COC(=O)c1ccc(C2SC(C)C(=O)N2CCCCCCN2C(=O)C(C)SC2c2ccc(C(=O)OC)cc2)cc1. The maximum atomic E-state index is 12.9. The Morgan fingerprint density at radius 3 is 1.32 bits per heavy atom. The lowest BCUT2D eigenvalue weighted by Crippen LogP contribution is -2.32. The molecular weight excluding hydrogens is 548 g/mol. The number of carbonyl (C=O) groups excluding carboxylic acids is 4. The second-order valence-electron chi connectivity index (χ2n) is 9.97. The molecule has 0 bridgehead atoms. The lowest BCUT2D eigenvalue weighted by molar-refractivity contribution is -0.130. The van der Waals surface area contributed by atoms with Crippen molar-refractivity contribution in [3.05, 3.63) is 70.8 Å². The molecule has 214 valence electrons. The van der Waals surface area contributed by atoms with Crippen molar-refractivity contribution in [2.75, 3.05) is 27.3 Å². The first kappa shape index (κ1) is 30.0. The maximum absolute atomic E-state index is 12.9. The van der Waals surface area contributed by atoms with Gasteiger partial charge in [0, 0.05) is 13.1 Å². The Hall–Kier alpha value is -2.98. The molecule has 2 aliphatic rings. The van der Waals surface area contributed by atoms with E-state index in [9.17, 15) is 19.2 Å². The minimum atomic E-state index is -0.376. The fourth-order valence-corrected chi connectivity index (χ4v) is 7.66. The predicted octanol–water partition coefficient (Wildman–Crippen LogP) is 5.45. The Labute approximate surface area is 244 Å². The van der Waals surface area contributed by atoms with Crippen molar-refractivity contribution in [2.24, 2.45) is 0 Å². The average molecular weight is 585 g/mol. The van der Waals surface area contributed by atoms with Gasteiger partial charge < -0.3 is 19.3 Å². The van der Waals surface area contributed by atoms with Crippen LogP contribution in [-0.4, -0.2) is 71.4 Å². The number of amides is 2. The monoisotopic (exact) mass is 584 g/mol. The van der Waals surface area contributed by atoms with Crippen molar-refractivity contribution < 1.29 is 28.7 Å². The second-order valence-corrected chi connectivity index (χ2v) is 12.8. The lowest BCUT2D eigenvalue weighted by Gasteiger charge is -2.25. The number of unbranched alkanes of at least 4 members (excludes halogenated alkanes) is 3. The van der Waals surface area contributed by atoms with Gasteiger partial charge >= 0.3 is 11.9 Å². The maximum Gasteiger partial charge on any atom is 0.337 e. The highest BCUT2D eigenvalue weighted by Crippen LogP contribution is 2.44. The second kappa shape index (κ2) is 13.6. The van der Waals surface area contributed by atoms with Crippen molar-refractivity contribution in [1.29, 1.82) is 0 Å². The molecule has 2 aliphatic heterocycles. The molecule has 2 aromatic carbocycles. The summed E-state index contributed by atoms with van der Waals surface area (Å²) >= 11 is 3.26. The minimum absolute atomic E-state index is 0.0683. The molecule has 2 aromatic rings. The lowest BCUT2D eigenvalue weighted by atomic mass is 10.1. The van der Waals surface area contributed by atoms with Crippen molar-refractivity contribution >= 4 is 47.3 Å². The smallest absolute Gasteiger partial charge is 0.337 e. The molecule has 0 radical (unpaired) electrons. The number of methoxy groups -OCH3 is 2. The van der Waals surface area contributed by atoms with Gasteiger partial charge in [0.2, 0.25) is 11.8 Å². The van der Waals surface area contributed by atoms with E-state index in [1.807, 2.05) is 47.9 Å². The van der Waals surface area contributed by atoms with Gasteiger partial charge in [-0.3, -0.25) is 9.59 Å². The fourth-order valence-electron chi connectivity index (χ4n) is 5.04. The number of carbonyl (C=O) groups is 4. The van der Waals surface area contributed by atoms with Gasteiger partial charge in [-0.25, -0.2) is 9.59 Å². The summed E-state index contributed by atoms with van der Waals surface area (Å²) in [5.74, 6) is -0.472. The van der Waals surface area contributed by atoms with Gasteiger partial charge in [-0.15, -0.1) is 23.5 Å². The first-order valence-electron chi connectivity index (χ1n) is 13.5. The Morgan fingerprint density at radius 1 is 0.650 bits per heavy atom. The molecule has 8 nitrogen and oxygen atoms in total. The van der Waals surface area contributed by atoms with Crippen LogP contribution in [0.5, 0.6) is 0 Å². The summed E-state index contributed by atoms with van der Waals surface area (Å²) in [5.41, 5.74) is 2.98. The first-order chi connectivity index (χ1) is 19.2. The van der Waals surface area contributed by atoms with Gasteiger partial charge in [-0.2, -0.15) is 0 Å². The zero-order valence-corrected chi connectivity index (χ0v) is 25.0. The molecular formula is C30H36N2O6S2. The van der Waals surface area contributed by atoms with Crippen LogP contribution in [0.1, 0.15) is 82.1 Å². The van der Waals surface area contributed by atoms with Crippen LogP contribution < -0.4 is 0 Å². The number of hydrogen-bond acceptors (Lipinski definition) is 8. The molecule has 2 heterocycles. The van der Waals surface area contributed by atoms with E-state index in [0.717, 1.165) is 36.8 Å². The van der Waals surface area contributed by atoms with Gasteiger partial charge in [-0.05, 0) is 62.1 Å². The minimum Gasteiger partial charge on any atom is -0.465 e. The van der Waals surface area contributed by atoms with Crippen LogP contribution >= 0.6 is 23.5 Å². The number of ether oxygens (including phenoxy) is 2. The molecule has 40 heavy (non-hydrogen) atoms. The third-order valence-corrected chi connectivity index (χ3v) is 10.1. The van der Waals surface area contributed by atoms with Gasteiger partial charge in [0.15, 0.2) is 0 Å². The van der Waals surface area contributed by atoms with E-state index >= 15 is 0 Å². The van der Waals surface area contributed by atoms with Crippen molar-refractivity contribution in [3.63, 3.8) is 0 Å². The van der Waals surface area contributed by atoms with E-state index in [4.69, 9.17) is 9.47 Å². The molecule has 4 atom stereocenters. The normalized spacial score (nSPS) is 22.6. The highest BCUT2D eigenvalue weighted by molar-refractivity contribution is 8.01. The van der Waals surface area contributed by atoms with Crippen LogP contribution in [0.3, 0.4) is 0 Å². The summed E-state index contributed by atoms with van der Waals surface area (Å²) in [6, 6.07) is 14.6. The van der Waals surface area contributed by atoms with E-state index < -0.39 is 0 Å². The molecule has 0 N–H and O–H groups in total. The molecule has 0 aromatic heterocycles. The van der Waals surface area contributed by atoms with Crippen LogP contribution in [0.4, 0.5) is 0 Å². The number of benzene rings is 2. The van der Waals surface area contributed by atoms with Crippen molar-refractivity contribution in [1.82, 2.24) is 9.80 Å². The summed E-state index contributed by atoms with van der Waals surface area (Å²) in [6.45, 7) is 5.22. The third kappa shape index (κ3) is 6.66. The standard InChI is InChI=1S/C30H36N2O6S2/c1-19-25(33)31(27(39-19)21-9-13-23(14-10-21)29(35)37-3)17-7-5-6-8-18-32-26(34)20(2)40-28(32)22-11-15-24(16-12-22)30(36)38-4/h9-16,19-20,27-28H,5-8,17-18H2,1-4H3. The molecule has 10 heteroatoms. The van der Waals surface area contributed by atoms with Crippen molar-refractivity contribution in [2.45, 2.75) is 60.8 Å². The Balaban J connectivity index is 1.27. The van der Waals surface area contributed by atoms with E-state index in [1.165, 1.54) is 14.2 Å². The Kier molecular flexibility index (Phi) is 10.2. The van der Waals surface area contributed by atoms with E-state index in [0.29, 0.717) is 24.2 Å². The first-order valence-corrected chi connectivity index (χ1v) is 15.4. The van der Waals surface area contributed by atoms with Crippen LogP contribution in [0, 0.1) is 0 Å². The number of esters is 2. The van der Waals surface area contributed by atoms with Gasteiger partial charge in [0.25, 0.3) is 0 Å². The zero-order valence-electron chi connectivity index (χ0n) is 23.3. The molecule has 2 fully saturated rings. The highest BCUT2D eigenvalue weighted by atomic mass is 32.2. The number of rotatable bonds is 11. The number of nitrogens with zero attached hydrogens (tertiary/aromatic N) is 2. The number of thioether (sulfide) groups is 2. The highest BCUT2D eigenvalue weighted by Gasteiger charge is 2.39. The summed E-state index contributed by atoms with van der Waals surface area (Å²) in [7, 11) is 2.72. The molecule has 2 amide bonds. The summed E-state index contributed by atoms with van der Waals surface area (Å²) in [5, 5.41) is -0.350. The van der Waals surface area contributed by atoms with E-state index in [2.05, 4.69) is 0 Å². The fraction of sp³-hybridized carbons (Fsp3) is 0.467. The third-order valence-electron chi connectivity index (χ3n) is 7.28. The molecule has 0 aliphatic carbocycles. The van der Waals surface area contributed by atoms with E-state index in [-0.39, 0.29) is 45.0 Å². The topological polar surface area (TPSA) is 93.2 Å². The van der Waals surface area contributed by atoms with Crippen molar-refractivity contribution in [3.8, 4) is 0 Å². The average Bonchev–Trinajstić information content (AvgIpc) is 3.43. The summed E-state index contributed by atoms with van der Waals surface area (Å²) in [6.07, 6.45) is 3.68. The summed E-state index contributed by atoms with van der Waals surface area (Å²) < 4.78 is 9.57. The molecule has 0 saturated carbocycles. The van der Waals surface area contributed by atoms with Gasteiger partial charge in [0.05, 0.1) is 35.8 Å². The van der Waals surface area contributed by atoms with Crippen LogP contribution in [0.15, 0.2) is 48.5 Å². The Bertz CT molecular complexity index is 1120. The molecule has 2 saturated heterocycles. The van der Waals surface area contributed by atoms with Crippen LogP contribution in [0.25, 0.3) is 0 Å². The zero-order chi connectivity index (χ0) is 28.8. The number of hydrogen-bond donors (Lipinski definition) is 0. The van der Waals surface area contributed by atoms with E-state index in [1.54, 1.807) is 47.8 Å². The molecule has 0 spiro atoms. The Morgan fingerprint density at radius 2 is 1.00 bits per heavy atom. The molecule has 4 rings (SSSR count). The van der Waals surface area contributed by atoms with Crippen LogP contribution in [-0.2, 0) is 19.1 Å². The predicted molar refractivity (Wildman–Crippen MR) is 157 cm³/mol. The largest absolute Gasteiger partial charge is 0.465 e. The summed E-state index contributed by atoms with van der Waals surface area (Å²) in [4.78, 5) is 53.2.